The predicted octanol–water partition coefficient (Wildman–Crippen LogP) is -0.259. The predicted molar refractivity (Wildman–Crippen MR) is 66.7 cm³/mol. The molecule has 1 aromatic rings. The zero-order valence-electron chi connectivity index (χ0n) is 10.7. The van der Waals surface area contributed by atoms with Gasteiger partial charge in [0.2, 0.25) is 0 Å². The van der Waals surface area contributed by atoms with Gasteiger partial charge in [-0.05, 0) is 0 Å². The number of hydrogen-bond acceptors (Lipinski definition) is 4. The maximum absolute atomic E-state index is 11.5. The van der Waals surface area contributed by atoms with Gasteiger partial charge in [-0.1, -0.05) is 0 Å². The quantitative estimate of drug-likeness (QED) is 0.519. The second-order valence-corrected chi connectivity index (χ2v) is 3.90. The Hall–Kier alpha value is -2.09. The number of carbonyl (C=O) groups excluding carboxylic acids is 1. The maximum Gasteiger partial charge on any atom is 0.326 e. The number of carboxylic acid groups (broad SMARTS) is 1. The van der Waals surface area contributed by atoms with Gasteiger partial charge in [-0.2, -0.15) is 0 Å². The Balaban J connectivity index is 2.25. The van der Waals surface area contributed by atoms with E-state index in [1.807, 2.05) is 0 Å². The summed E-state index contributed by atoms with van der Waals surface area (Å²) in [5.41, 5.74) is 0.898. The van der Waals surface area contributed by atoms with E-state index in [1.54, 1.807) is 12.5 Å². The van der Waals surface area contributed by atoms with E-state index in [1.165, 1.54) is 7.11 Å². The Bertz CT molecular complexity index is 393. The van der Waals surface area contributed by atoms with E-state index in [-0.39, 0.29) is 13.0 Å². The summed E-state index contributed by atoms with van der Waals surface area (Å²) >= 11 is 0. The number of carboxylic acids is 1. The number of hydrogen-bond donors (Lipinski definition) is 4. The minimum atomic E-state index is -1.08. The van der Waals surface area contributed by atoms with Crippen LogP contribution in [0.5, 0.6) is 0 Å². The molecule has 19 heavy (non-hydrogen) atoms. The highest BCUT2D eigenvalue weighted by molar-refractivity contribution is 5.82. The van der Waals surface area contributed by atoms with E-state index < -0.39 is 18.0 Å². The molecule has 4 N–H and O–H groups in total. The number of aliphatic carboxylic acids is 1. The van der Waals surface area contributed by atoms with Gasteiger partial charge >= 0.3 is 12.0 Å². The lowest BCUT2D eigenvalue weighted by Crippen LogP contribution is -2.46. The fraction of sp³-hybridized carbons (Fsp3) is 0.545. The van der Waals surface area contributed by atoms with Crippen LogP contribution in [0.4, 0.5) is 4.79 Å². The van der Waals surface area contributed by atoms with Gasteiger partial charge in [-0.3, -0.25) is 0 Å². The monoisotopic (exact) mass is 270 g/mol. The lowest BCUT2D eigenvalue weighted by Gasteiger charge is -2.14. The number of methoxy groups -OCH3 is 1. The van der Waals surface area contributed by atoms with E-state index in [9.17, 15) is 9.59 Å². The Morgan fingerprint density at radius 3 is 2.95 bits per heavy atom. The van der Waals surface area contributed by atoms with Crippen molar-refractivity contribution in [3.63, 3.8) is 0 Å². The topological polar surface area (TPSA) is 116 Å². The number of carbonyl (C=O) groups is 2. The van der Waals surface area contributed by atoms with E-state index in [4.69, 9.17) is 9.84 Å². The number of aromatic amines is 1. The molecule has 0 saturated carbocycles. The molecule has 0 spiro atoms. The molecule has 1 aromatic heterocycles. The summed E-state index contributed by atoms with van der Waals surface area (Å²) < 4.78 is 4.79. The summed E-state index contributed by atoms with van der Waals surface area (Å²) in [5, 5.41) is 13.9. The molecule has 0 bridgehead atoms. The highest BCUT2D eigenvalue weighted by atomic mass is 16.5. The van der Waals surface area contributed by atoms with Gasteiger partial charge in [0, 0.05) is 45.0 Å². The molecular weight excluding hydrogens is 252 g/mol. The Kier molecular flexibility index (Phi) is 6.37. The van der Waals surface area contributed by atoms with Gasteiger partial charge in [0.1, 0.15) is 6.04 Å². The smallest absolute Gasteiger partial charge is 0.326 e. The van der Waals surface area contributed by atoms with Crippen molar-refractivity contribution in [1.82, 2.24) is 20.6 Å². The zero-order valence-corrected chi connectivity index (χ0v) is 10.7. The Labute approximate surface area is 110 Å². The van der Waals surface area contributed by atoms with Gasteiger partial charge in [0.05, 0.1) is 6.33 Å². The molecular formula is C11H18N4O4. The van der Waals surface area contributed by atoms with Gasteiger partial charge in [0.25, 0.3) is 0 Å². The van der Waals surface area contributed by atoms with Crippen molar-refractivity contribution in [2.75, 3.05) is 20.3 Å². The summed E-state index contributed by atoms with van der Waals surface area (Å²) in [6.07, 6.45) is 4.04. The molecule has 8 heteroatoms. The van der Waals surface area contributed by atoms with Crippen LogP contribution in [0.3, 0.4) is 0 Å². The van der Waals surface area contributed by atoms with Crippen molar-refractivity contribution in [3.8, 4) is 0 Å². The molecule has 8 nitrogen and oxygen atoms in total. The zero-order chi connectivity index (χ0) is 14.1. The third-order valence-electron chi connectivity index (χ3n) is 2.45. The number of H-pyrrole nitrogens is 1. The van der Waals surface area contributed by atoms with Gasteiger partial charge in [-0.15, -0.1) is 0 Å². The third kappa shape index (κ3) is 5.87. The van der Waals surface area contributed by atoms with Crippen molar-refractivity contribution in [1.29, 1.82) is 0 Å². The number of urea groups is 1. The summed E-state index contributed by atoms with van der Waals surface area (Å²) in [5.74, 6) is -1.08. The Morgan fingerprint density at radius 1 is 1.58 bits per heavy atom. The van der Waals surface area contributed by atoms with Crippen LogP contribution in [-0.2, 0) is 16.0 Å². The van der Waals surface area contributed by atoms with Crippen molar-refractivity contribution in [2.24, 2.45) is 0 Å². The molecule has 1 heterocycles. The van der Waals surface area contributed by atoms with E-state index in [0.29, 0.717) is 13.0 Å². The van der Waals surface area contributed by atoms with Crippen molar-refractivity contribution in [3.05, 3.63) is 18.2 Å². The van der Waals surface area contributed by atoms with Crippen LogP contribution in [0.25, 0.3) is 0 Å². The van der Waals surface area contributed by atoms with Crippen LogP contribution in [-0.4, -0.2) is 53.4 Å². The average molecular weight is 270 g/mol. The minimum Gasteiger partial charge on any atom is -0.480 e. The first-order chi connectivity index (χ1) is 9.13. The fourth-order valence-electron chi connectivity index (χ4n) is 1.43. The largest absolute Gasteiger partial charge is 0.480 e. The minimum absolute atomic E-state index is 0.222. The van der Waals surface area contributed by atoms with Crippen LogP contribution in [0.1, 0.15) is 12.1 Å². The van der Waals surface area contributed by atoms with Crippen molar-refractivity contribution >= 4 is 12.0 Å². The second kappa shape index (κ2) is 8.09. The number of ether oxygens (including phenoxy) is 1. The molecule has 1 atom stereocenters. The van der Waals surface area contributed by atoms with Crippen LogP contribution < -0.4 is 10.6 Å². The standard InChI is InChI=1S/C11H18N4O4/c1-19-5-3-9(10(16)17)15-11(18)13-4-2-8-6-12-7-14-8/h6-7,9H,2-5H2,1H3,(H,12,14)(H,16,17)(H2,13,15,18). The number of rotatable bonds is 8. The van der Waals surface area contributed by atoms with Crippen molar-refractivity contribution in [2.45, 2.75) is 18.9 Å². The average Bonchev–Trinajstić information content (AvgIpc) is 2.87. The van der Waals surface area contributed by atoms with E-state index in [2.05, 4.69) is 20.6 Å². The molecule has 0 saturated heterocycles. The first-order valence-corrected chi connectivity index (χ1v) is 5.87. The molecule has 106 valence electrons. The number of amides is 2. The highest BCUT2D eigenvalue weighted by Gasteiger charge is 2.19. The number of imidazole rings is 1. The van der Waals surface area contributed by atoms with Gasteiger partial charge in [0.15, 0.2) is 0 Å². The molecule has 0 aliphatic heterocycles. The van der Waals surface area contributed by atoms with Gasteiger partial charge in [-0.25, -0.2) is 14.6 Å². The number of aromatic nitrogens is 2. The van der Waals surface area contributed by atoms with Crippen LogP contribution in [0.2, 0.25) is 0 Å². The lowest BCUT2D eigenvalue weighted by molar-refractivity contribution is -0.139. The molecule has 1 rings (SSSR count). The van der Waals surface area contributed by atoms with Gasteiger partial charge < -0.3 is 25.5 Å². The SMILES string of the molecule is COCCC(NC(=O)NCCc1cnc[nH]1)C(=O)O. The lowest BCUT2D eigenvalue weighted by atomic mass is 10.2. The third-order valence-corrected chi connectivity index (χ3v) is 2.45. The summed E-state index contributed by atoms with van der Waals surface area (Å²) in [6, 6.07) is -1.46. The Morgan fingerprint density at radius 2 is 2.37 bits per heavy atom. The van der Waals surface area contributed by atoms with E-state index in [0.717, 1.165) is 5.69 Å². The summed E-state index contributed by atoms with van der Waals surface area (Å²) in [4.78, 5) is 29.1. The van der Waals surface area contributed by atoms with Crippen LogP contribution >= 0.6 is 0 Å². The first-order valence-electron chi connectivity index (χ1n) is 5.87. The molecule has 0 radical (unpaired) electrons. The normalized spacial score (nSPS) is 11.8. The maximum atomic E-state index is 11.5. The van der Waals surface area contributed by atoms with E-state index >= 15 is 0 Å². The summed E-state index contributed by atoms with van der Waals surface area (Å²) in [6.45, 7) is 0.663. The molecule has 0 aliphatic carbocycles. The second-order valence-electron chi connectivity index (χ2n) is 3.90. The molecule has 2 amide bonds. The number of nitrogens with zero attached hydrogens (tertiary/aromatic N) is 1. The van der Waals surface area contributed by atoms with Crippen LogP contribution in [0.15, 0.2) is 12.5 Å². The van der Waals surface area contributed by atoms with Crippen LogP contribution in [0, 0.1) is 0 Å². The molecule has 0 fully saturated rings. The highest BCUT2D eigenvalue weighted by Crippen LogP contribution is 1.94. The molecule has 1 unspecified atom stereocenters. The molecule has 0 aromatic carbocycles. The van der Waals surface area contributed by atoms with Crippen molar-refractivity contribution < 1.29 is 19.4 Å². The fourth-order valence-corrected chi connectivity index (χ4v) is 1.43. The first kappa shape index (κ1) is 15.0. The summed E-state index contributed by atoms with van der Waals surface area (Å²) in [7, 11) is 1.48. The number of nitrogens with one attached hydrogen (secondary N) is 3. The molecule has 0 aliphatic rings.